The number of aryl methyl sites for hydroxylation is 1. The molecule has 0 amide bonds. The normalized spacial score (nSPS) is 10.5. The average molecular weight is 292 g/mol. The molecular formula is C14H13FN2O2S. The summed E-state index contributed by atoms with van der Waals surface area (Å²) in [7, 11) is 0. The molecule has 2 N–H and O–H groups in total. The van der Waals surface area contributed by atoms with Crippen molar-refractivity contribution >= 4 is 23.1 Å². The van der Waals surface area contributed by atoms with E-state index in [2.05, 4.69) is 0 Å². The molecule has 0 unspecified atom stereocenters. The van der Waals surface area contributed by atoms with Crippen LogP contribution in [0.15, 0.2) is 41.3 Å². The number of non-ortho nitro benzene ring substituents is 1. The second kappa shape index (κ2) is 5.92. The fourth-order valence-electron chi connectivity index (χ4n) is 1.76. The van der Waals surface area contributed by atoms with E-state index in [0.717, 1.165) is 16.5 Å². The maximum atomic E-state index is 13.3. The van der Waals surface area contributed by atoms with E-state index in [9.17, 15) is 14.5 Å². The van der Waals surface area contributed by atoms with Crippen molar-refractivity contribution in [1.29, 1.82) is 0 Å². The summed E-state index contributed by atoms with van der Waals surface area (Å²) in [4.78, 5) is 11.1. The lowest BCUT2D eigenvalue weighted by Gasteiger charge is -2.07. The van der Waals surface area contributed by atoms with Gasteiger partial charge < -0.3 is 5.73 Å². The highest BCUT2D eigenvalue weighted by Gasteiger charge is 2.10. The zero-order valence-electron chi connectivity index (χ0n) is 10.8. The predicted octanol–water partition coefficient (Wildman–Crippen LogP) is 3.92. The maximum absolute atomic E-state index is 13.3. The van der Waals surface area contributed by atoms with Gasteiger partial charge in [0.2, 0.25) is 0 Å². The number of benzene rings is 2. The first-order valence-corrected chi connectivity index (χ1v) is 6.87. The van der Waals surface area contributed by atoms with Crippen LogP contribution in [-0.2, 0) is 5.75 Å². The van der Waals surface area contributed by atoms with E-state index in [0.29, 0.717) is 17.0 Å². The van der Waals surface area contributed by atoms with Crippen molar-refractivity contribution in [3.8, 4) is 0 Å². The molecule has 0 saturated heterocycles. The van der Waals surface area contributed by atoms with Gasteiger partial charge in [-0.1, -0.05) is 6.07 Å². The number of rotatable bonds is 4. The van der Waals surface area contributed by atoms with Gasteiger partial charge in [-0.3, -0.25) is 10.1 Å². The fraction of sp³-hybridized carbons (Fsp3) is 0.143. The van der Waals surface area contributed by atoms with Crippen LogP contribution < -0.4 is 5.73 Å². The number of thioether (sulfide) groups is 1. The van der Waals surface area contributed by atoms with Gasteiger partial charge in [0.15, 0.2) is 0 Å². The van der Waals surface area contributed by atoms with Crippen molar-refractivity contribution < 1.29 is 9.31 Å². The molecule has 0 aliphatic heterocycles. The molecule has 0 aliphatic carbocycles. The monoisotopic (exact) mass is 292 g/mol. The first kappa shape index (κ1) is 14.3. The molecule has 6 heteroatoms. The van der Waals surface area contributed by atoms with Crippen LogP contribution in [-0.4, -0.2) is 4.92 Å². The number of nitrogens with zero attached hydrogens (tertiary/aromatic N) is 1. The molecule has 2 aromatic rings. The molecule has 0 saturated carbocycles. The number of nitro groups is 1. The summed E-state index contributed by atoms with van der Waals surface area (Å²) in [6.45, 7) is 1.95. The molecule has 0 atom stereocenters. The third-order valence-electron chi connectivity index (χ3n) is 2.76. The van der Waals surface area contributed by atoms with Crippen molar-refractivity contribution in [3.63, 3.8) is 0 Å². The Morgan fingerprint density at radius 2 is 2.05 bits per heavy atom. The summed E-state index contributed by atoms with van der Waals surface area (Å²) < 4.78 is 13.3. The largest absolute Gasteiger partial charge is 0.399 e. The van der Waals surface area contributed by atoms with Crippen LogP contribution in [0.2, 0.25) is 0 Å². The first-order chi connectivity index (χ1) is 9.45. The molecule has 0 aliphatic rings. The van der Waals surface area contributed by atoms with Crippen molar-refractivity contribution in [3.05, 3.63) is 63.5 Å². The van der Waals surface area contributed by atoms with E-state index >= 15 is 0 Å². The topological polar surface area (TPSA) is 69.2 Å². The molecule has 0 radical (unpaired) electrons. The van der Waals surface area contributed by atoms with E-state index in [4.69, 9.17) is 5.73 Å². The molecule has 4 nitrogen and oxygen atoms in total. The van der Waals surface area contributed by atoms with Gasteiger partial charge in [0, 0.05) is 22.4 Å². The molecule has 20 heavy (non-hydrogen) atoms. The Morgan fingerprint density at radius 1 is 1.30 bits per heavy atom. The minimum Gasteiger partial charge on any atom is -0.399 e. The lowest BCUT2D eigenvalue weighted by atomic mass is 10.2. The Labute approximate surface area is 119 Å². The predicted molar refractivity (Wildman–Crippen MR) is 78.2 cm³/mol. The van der Waals surface area contributed by atoms with Crippen molar-refractivity contribution in [2.45, 2.75) is 17.6 Å². The Balaban J connectivity index is 2.18. The quantitative estimate of drug-likeness (QED) is 0.401. The van der Waals surface area contributed by atoms with Gasteiger partial charge in [0.05, 0.1) is 11.0 Å². The summed E-state index contributed by atoms with van der Waals surface area (Å²) in [5.41, 5.74) is 7.78. The van der Waals surface area contributed by atoms with Crippen LogP contribution in [0.4, 0.5) is 15.8 Å². The van der Waals surface area contributed by atoms with Crippen LogP contribution in [0.5, 0.6) is 0 Å². The minimum atomic E-state index is -0.598. The molecule has 2 aromatic carbocycles. The Bertz CT molecular complexity index is 662. The van der Waals surface area contributed by atoms with Crippen LogP contribution in [0.3, 0.4) is 0 Å². The smallest absolute Gasteiger partial charge is 0.272 e. The highest BCUT2D eigenvalue weighted by Crippen LogP contribution is 2.29. The van der Waals surface area contributed by atoms with Gasteiger partial charge in [0.25, 0.3) is 5.69 Å². The van der Waals surface area contributed by atoms with Crippen molar-refractivity contribution in [2.75, 3.05) is 5.73 Å². The number of nitro benzene ring substituents is 1. The maximum Gasteiger partial charge on any atom is 0.272 e. The highest BCUT2D eigenvalue weighted by molar-refractivity contribution is 7.98. The lowest BCUT2D eigenvalue weighted by molar-refractivity contribution is -0.385. The molecule has 0 aromatic heterocycles. The number of halogens is 1. The molecule has 0 heterocycles. The summed E-state index contributed by atoms with van der Waals surface area (Å²) in [5.74, 6) is -0.151. The number of nitrogen functional groups attached to an aromatic ring is 1. The summed E-state index contributed by atoms with van der Waals surface area (Å²) in [6.07, 6.45) is 0. The first-order valence-electron chi connectivity index (χ1n) is 5.88. The molecule has 0 bridgehead atoms. The average Bonchev–Trinajstić information content (AvgIpc) is 2.39. The third-order valence-corrected chi connectivity index (χ3v) is 3.99. The van der Waals surface area contributed by atoms with Gasteiger partial charge in [-0.05, 0) is 36.2 Å². The molecule has 0 fully saturated rings. The SMILES string of the molecule is Cc1ccc(N)cc1SCc1cc(F)cc([N+](=O)[O-])c1. The number of hydrogen-bond donors (Lipinski definition) is 1. The number of hydrogen-bond acceptors (Lipinski definition) is 4. The van der Waals surface area contributed by atoms with Crippen LogP contribution >= 0.6 is 11.8 Å². The van der Waals surface area contributed by atoms with E-state index in [1.165, 1.54) is 23.9 Å². The minimum absolute atomic E-state index is 0.232. The Kier molecular flexibility index (Phi) is 4.24. The molecular weight excluding hydrogens is 279 g/mol. The second-order valence-electron chi connectivity index (χ2n) is 4.39. The summed E-state index contributed by atoms with van der Waals surface area (Å²) in [6, 6.07) is 9.17. The van der Waals surface area contributed by atoms with E-state index < -0.39 is 10.7 Å². The van der Waals surface area contributed by atoms with Crippen LogP contribution in [0, 0.1) is 22.9 Å². The van der Waals surface area contributed by atoms with Gasteiger partial charge in [-0.2, -0.15) is 0 Å². The van der Waals surface area contributed by atoms with Gasteiger partial charge >= 0.3 is 0 Å². The summed E-state index contributed by atoms with van der Waals surface area (Å²) in [5, 5.41) is 10.7. The van der Waals surface area contributed by atoms with Crippen LogP contribution in [0.25, 0.3) is 0 Å². The van der Waals surface area contributed by atoms with E-state index in [-0.39, 0.29) is 5.69 Å². The molecule has 104 valence electrons. The van der Waals surface area contributed by atoms with Crippen molar-refractivity contribution in [1.82, 2.24) is 0 Å². The third kappa shape index (κ3) is 3.48. The van der Waals surface area contributed by atoms with Gasteiger partial charge in [-0.25, -0.2) is 4.39 Å². The Hall–Kier alpha value is -2.08. The number of nitrogens with two attached hydrogens (primary N) is 1. The Morgan fingerprint density at radius 3 is 2.75 bits per heavy atom. The zero-order chi connectivity index (χ0) is 14.7. The number of anilines is 1. The van der Waals surface area contributed by atoms with Crippen LogP contribution in [0.1, 0.15) is 11.1 Å². The highest BCUT2D eigenvalue weighted by atomic mass is 32.2. The summed E-state index contributed by atoms with van der Waals surface area (Å²) >= 11 is 1.47. The van der Waals surface area contributed by atoms with Crippen molar-refractivity contribution in [2.24, 2.45) is 0 Å². The van der Waals surface area contributed by atoms with Gasteiger partial charge in [-0.15, -0.1) is 11.8 Å². The lowest BCUT2D eigenvalue weighted by Crippen LogP contribution is -1.92. The van der Waals surface area contributed by atoms with E-state index in [1.807, 2.05) is 25.1 Å². The molecule has 0 spiro atoms. The van der Waals surface area contributed by atoms with Gasteiger partial charge in [0.1, 0.15) is 5.82 Å². The molecule has 2 rings (SSSR count). The zero-order valence-corrected chi connectivity index (χ0v) is 11.6. The standard InChI is InChI=1S/C14H13FN2O2S/c1-9-2-3-12(16)7-14(9)20-8-10-4-11(15)6-13(5-10)17(18)19/h2-7H,8,16H2,1H3. The van der Waals surface area contributed by atoms with E-state index in [1.54, 1.807) is 0 Å². The fourth-order valence-corrected chi connectivity index (χ4v) is 2.76. The second-order valence-corrected chi connectivity index (χ2v) is 5.41.